The van der Waals surface area contributed by atoms with Gasteiger partial charge in [-0.25, -0.2) is 4.79 Å². The summed E-state index contributed by atoms with van der Waals surface area (Å²) < 4.78 is 7.83. The van der Waals surface area contributed by atoms with Crippen LogP contribution in [0.2, 0.25) is 0 Å². The standard InChI is InChI=1S/C25H27N3O2/c1-25(23-12-7-15-28(23)22-11-6-5-10-21(22)26-25)20-13-16-27(17-14-20)24(29)30-18-19-8-3-2-4-9-19/h2-12,15,20,26H,13-14,16-18H2,1H3. The minimum absolute atomic E-state index is 0.169. The van der Waals surface area contributed by atoms with Gasteiger partial charge in [0.2, 0.25) is 0 Å². The zero-order valence-electron chi connectivity index (χ0n) is 17.3. The number of hydrogen-bond acceptors (Lipinski definition) is 3. The monoisotopic (exact) mass is 401 g/mol. The zero-order chi connectivity index (χ0) is 20.6. The SMILES string of the molecule is CC1(C2CCN(C(=O)OCc3ccccc3)CC2)Nc2ccccc2-n2cccc21. The van der Waals surface area contributed by atoms with Crippen LogP contribution in [0, 0.1) is 5.92 Å². The van der Waals surface area contributed by atoms with E-state index < -0.39 is 0 Å². The number of fused-ring (bicyclic) bond motifs is 3. The number of para-hydroxylation sites is 2. The van der Waals surface area contributed by atoms with Gasteiger partial charge in [0.05, 0.1) is 16.9 Å². The molecule has 1 amide bonds. The van der Waals surface area contributed by atoms with Crippen LogP contribution in [0.1, 0.15) is 31.0 Å². The number of carbonyl (C=O) groups excluding carboxylic acids is 1. The molecule has 3 aromatic rings. The molecule has 30 heavy (non-hydrogen) atoms. The van der Waals surface area contributed by atoms with Crippen LogP contribution in [0.4, 0.5) is 10.5 Å². The first-order chi connectivity index (χ1) is 14.6. The van der Waals surface area contributed by atoms with Crippen molar-refractivity contribution >= 4 is 11.8 Å². The maximum Gasteiger partial charge on any atom is 0.410 e. The molecule has 3 heterocycles. The Morgan fingerprint density at radius 2 is 1.77 bits per heavy atom. The lowest BCUT2D eigenvalue weighted by Crippen LogP contribution is -2.49. The first-order valence-corrected chi connectivity index (χ1v) is 10.7. The molecule has 1 fully saturated rings. The number of hydrogen-bond donors (Lipinski definition) is 1. The van der Waals surface area contributed by atoms with Crippen LogP contribution < -0.4 is 5.32 Å². The maximum absolute atomic E-state index is 12.5. The van der Waals surface area contributed by atoms with Gasteiger partial charge in [0.25, 0.3) is 0 Å². The molecule has 1 atom stereocenters. The van der Waals surface area contributed by atoms with E-state index in [0.29, 0.717) is 12.5 Å². The first kappa shape index (κ1) is 18.8. The van der Waals surface area contributed by atoms with E-state index in [1.165, 1.54) is 11.4 Å². The zero-order valence-corrected chi connectivity index (χ0v) is 17.3. The molecule has 0 spiro atoms. The number of likely N-dealkylation sites (tertiary alicyclic amines) is 1. The van der Waals surface area contributed by atoms with Gasteiger partial charge in [-0.2, -0.15) is 0 Å². The smallest absolute Gasteiger partial charge is 0.410 e. The summed E-state index contributed by atoms with van der Waals surface area (Å²) in [6, 6.07) is 22.6. The predicted molar refractivity (Wildman–Crippen MR) is 118 cm³/mol. The number of anilines is 1. The Hall–Kier alpha value is -3.21. The third-order valence-electron chi connectivity index (χ3n) is 6.61. The van der Waals surface area contributed by atoms with Gasteiger partial charge in [0.1, 0.15) is 6.61 Å². The van der Waals surface area contributed by atoms with Gasteiger partial charge in [-0.3, -0.25) is 0 Å². The summed E-state index contributed by atoms with van der Waals surface area (Å²) in [6.45, 7) is 4.06. The molecular weight excluding hydrogens is 374 g/mol. The normalized spacial score (nSPS) is 20.8. The molecule has 1 saturated heterocycles. The molecule has 5 rings (SSSR count). The van der Waals surface area contributed by atoms with Gasteiger partial charge < -0.3 is 19.5 Å². The molecular formula is C25H27N3O2. The van der Waals surface area contributed by atoms with E-state index in [0.717, 1.165) is 37.2 Å². The second-order valence-electron chi connectivity index (χ2n) is 8.41. The van der Waals surface area contributed by atoms with Crippen LogP contribution >= 0.6 is 0 Å². The van der Waals surface area contributed by atoms with Gasteiger partial charge >= 0.3 is 6.09 Å². The second kappa shape index (κ2) is 7.56. The number of aromatic nitrogens is 1. The van der Waals surface area contributed by atoms with Crippen molar-refractivity contribution in [3.05, 3.63) is 84.2 Å². The summed E-state index contributed by atoms with van der Waals surface area (Å²) in [5.41, 5.74) is 4.48. The molecule has 2 aliphatic heterocycles. The molecule has 0 radical (unpaired) electrons. The van der Waals surface area contributed by atoms with Crippen molar-refractivity contribution in [3.63, 3.8) is 0 Å². The van der Waals surface area contributed by atoms with E-state index in [2.05, 4.69) is 59.4 Å². The van der Waals surface area contributed by atoms with E-state index in [9.17, 15) is 4.79 Å². The van der Waals surface area contributed by atoms with Crippen molar-refractivity contribution in [2.45, 2.75) is 31.9 Å². The van der Waals surface area contributed by atoms with Crippen LogP contribution in [-0.4, -0.2) is 28.6 Å². The quantitative estimate of drug-likeness (QED) is 0.659. The fourth-order valence-electron chi connectivity index (χ4n) is 4.91. The van der Waals surface area contributed by atoms with E-state index in [1.54, 1.807) is 0 Å². The van der Waals surface area contributed by atoms with Crippen LogP contribution in [0.3, 0.4) is 0 Å². The predicted octanol–water partition coefficient (Wildman–Crippen LogP) is 5.17. The summed E-state index contributed by atoms with van der Waals surface area (Å²) in [6.07, 6.45) is 3.81. The first-order valence-electron chi connectivity index (χ1n) is 10.7. The van der Waals surface area contributed by atoms with Crippen molar-refractivity contribution < 1.29 is 9.53 Å². The topological polar surface area (TPSA) is 46.5 Å². The Kier molecular flexibility index (Phi) is 4.74. The summed E-state index contributed by atoms with van der Waals surface area (Å²) >= 11 is 0. The number of nitrogens with one attached hydrogen (secondary N) is 1. The minimum Gasteiger partial charge on any atom is -0.445 e. The average Bonchev–Trinajstić information content (AvgIpc) is 3.30. The van der Waals surface area contributed by atoms with Crippen molar-refractivity contribution in [3.8, 4) is 5.69 Å². The summed E-state index contributed by atoms with van der Waals surface area (Å²) in [4.78, 5) is 14.4. The molecule has 0 saturated carbocycles. The molecule has 5 nitrogen and oxygen atoms in total. The summed E-state index contributed by atoms with van der Waals surface area (Å²) in [5.74, 6) is 0.428. The van der Waals surface area contributed by atoms with Gasteiger partial charge in [-0.15, -0.1) is 0 Å². The van der Waals surface area contributed by atoms with Gasteiger partial charge in [-0.05, 0) is 55.5 Å². The lowest BCUT2D eigenvalue weighted by Gasteiger charge is -2.46. The van der Waals surface area contributed by atoms with Gasteiger partial charge in [-0.1, -0.05) is 42.5 Å². The minimum atomic E-state index is -0.215. The van der Waals surface area contributed by atoms with Crippen LogP contribution in [0.5, 0.6) is 0 Å². The Morgan fingerprint density at radius 1 is 1.03 bits per heavy atom. The van der Waals surface area contributed by atoms with Crippen LogP contribution in [0.25, 0.3) is 5.69 Å². The molecule has 2 aliphatic rings. The van der Waals surface area contributed by atoms with E-state index >= 15 is 0 Å². The highest BCUT2D eigenvalue weighted by molar-refractivity contribution is 5.68. The van der Waals surface area contributed by atoms with Gasteiger partial charge in [0, 0.05) is 25.0 Å². The molecule has 2 aromatic carbocycles. The largest absolute Gasteiger partial charge is 0.445 e. The Balaban J connectivity index is 1.26. The highest BCUT2D eigenvalue weighted by atomic mass is 16.6. The number of benzene rings is 2. The fourth-order valence-corrected chi connectivity index (χ4v) is 4.91. The third kappa shape index (κ3) is 3.24. The molecule has 1 N–H and O–H groups in total. The third-order valence-corrected chi connectivity index (χ3v) is 6.61. The summed E-state index contributed by atoms with van der Waals surface area (Å²) in [7, 11) is 0. The molecule has 0 aliphatic carbocycles. The number of carbonyl (C=O) groups is 1. The molecule has 1 unspecified atom stereocenters. The second-order valence-corrected chi connectivity index (χ2v) is 8.41. The molecule has 5 heteroatoms. The van der Waals surface area contributed by atoms with E-state index in [-0.39, 0.29) is 11.6 Å². The molecule has 1 aromatic heterocycles. The summed E-state index contributed by atoms with van der Waals surface area (Å²) in [5, 5.41) is 3.82. The number of rotatable bonds is 3. The van der Waals surface area contributed by atoms with E-state index in [1.807, 2.05) is 35.2 Å². The Labute approximate surface area is 177 Å². The van der Waals surface area contributed by atoms with Gasteiger partial charge in [0.15, 0.2) is 0 Å². The van der Waals surface area contributed by atoms with Crippen molar-refractivity contribution in [2.24, 2.45) is 5.92 Å². The number of ether oxygens (including phenoxy) is 1. The van der Waals surface area contributed by atoms with Crippen molar-refractivity contribution in [2.75, 3.05) is 18.4 Å². The highest BCUT2D eigenvalue weighted by Gasteiger charge is 2.43. The van der Waals surface area contributed by atoms with Crippen molar-refractivity contribution in [1.29, 1.82) is 0 Å². The lowest BCUT2D eigenvalue weighted by atomic mass is 9.75. The van der Waals surface area contributed by atoms with Crippen LogP contribution in [0.15, 0.2) is 72.9 Å². The highest BCUT2D eigenvalue weighted by Crippen LogP contribution is 2.44. The molecule has 154 valence electrons. The number of nitrogens with zero attached hydrogens (tertiary/aromatic N) is 2. The lowest BCUT2D eigenvalue weighted by molar-refractivity contribution is 0.0743. The number of piperidine rings is 1. The fraction of sp³-hybridized carbons (Fsp3) is 0.320. The van der Waals surface area contributed by atoms with Crippen molar-refractivity contribution in [1.82, 2.24) is 9.47 Å². The van der Waals surface area contributed by atoms with E-state index in [4.69, 9.17) is 4.74 Å². The Morgan fingerprint density at radius 3 is 2.57 bits per heavy atom. The number of amides is 1. The van der Waals surface area contributed by atoms with Crippen LogP contribution in [-0.2, 0) is 16.9 Å². The average molecular weight is 402 g/mol. The molecule has 0 bridgehead atoms. The Bertz CT molecular complexity index is 1040. The maximum atomic E-state index is 12.5.